The molecule has 11 heteroatoms. The van der Waals surface area contributed by atoms with Crippen LogP contribution in [0.25, 0.3) is 0 Å². The molecule has 0 bridgehead atoms. The van der Waals surface area contributed by atoms with Gasteiger partial charge in [0.05, 0.1) is 17.5 Å². The summed E-state index contributed by atoms with van der Waals surface area (Å²) < 4.78 is 44.2. The molecule has 3 N–H and O–H groups in total. The third-order valence-electron chi connectivity index (χ3n) is 4.33. The molecule has 0 aromatic heterocycles. The van der Waals surface area contributed by atoms with Gasteiger partial charge in [0.1, 0.15) is 5.75 Å². The third kappa shape index (κ3) is 8.28. The Morgan fingerprint density at radius 2 is 1.73 bits per heavy atom. The summed E-state index contributed by atoms with van der Waals surface area (Å²) in [4.78, 5) is 35.2. The van der Waals surface area contributed by atoms with E-state index in [-0.39, 0.29) is 11.7 Å². The smallest absolute Gasteiger partial charge is 0.418 e. The predicted molar refractivity (Wildman–Crippen MR) is 116 cm³/mol. The van der Waals surface area contributed by atoms with Crippen LogP contribution in [0.5, 0.6) is 5.75 Å². The quantitative estimate of drug-likeness (QED) is 0.317. The van der Waals surface area contributed by atoms with Crippen molar-refractivity contribution in [2.45, 2.75) is 32.5 Å². The number of halogens is 3. The number of carbonyl (C=O) groups is 3. The number of rotatable bonds is 8. The average Bonchev–Trinajstić information content (AvgIpc) is 2.78. The molecule has 1 atom stereocenters. The monoisotopic (exact) mass is 464 g/mol. The number of nitrogens with zero attached hydrogens (tertiary/aromatic N) is 1. The summed E-state index contributed by atoms with van der Waals surface area (Å²) in [6.07, 6.45) is -2.61. The van der Waals surface area contributed by atoms with Crippen LogP contribution in [0, 0.1) is 0 Å². The highest BCUT2D eigenvalue weighted by atomic mass is 19.4. The van der Waals surface area contributed by atoms with Gasteiger partial charge in [0, 0.05) is 6.04 Å². The fraction of sp³-hybridized carbons (Fsp3) is 0.273. The molecule has 2 rings (SSSR count). The van der Waals surface area contributed by atoms with E-state index in [2.05, 4.69) is 21.2 Å². The van der Waals surface area contributed by atoms with Crippen molar-refractivity contribution in [2.75, 3.05) is 11.9 Å². The second kappa shape index (κ2) is 11.7. The Hall–Kier alpha value is -3.89. The van der Waals surface area contributed by atoms with Gasteiger partial charge in [-0.05, 0) is 55.3 Å². The van der Waals surface area contributed by atoms with Gasteiger partial charge < -0.3 is 15.4 Å². The van der Waals surface area contributed by atoms with Crippen LogP contribution in [-0.2, 0) is 20.6 Å². The molecule has 0 aliphatic heterocycles. The molecule has 0 heterocycles. The van der Waals surface area contributed by atoms with E-state index < -0.39 is 36.1 Å². The van der Waals surface area contributed by atoms with Crippen LogP contribution in [0.3, 0.4) is 0 Å². The number of carbonyl (C=O) groups excluding carboxylic acids is 3. The molecule has 0 unspecified atom stereocenters. The van der Waals surface area contributed by atoms with Crippen LogP contribution in [0.2, 0.25) is 0 Å². The van der Waals surface area contributed by atoms with E-state index >= 15 is 0 Å². The number of hydrazone groups is 1. The molecule has 0 aliphatic rings. The Morgan fingerprint density at radius 3 is 2.36 bits per heavy atom. The van der Waals surface area contributed by atoms with Crippen LogP contribution >= 0.6 is 0 Å². The van der Waals surface area contributed by atoms with Gasteiger partial charge in [-0.3, -0.25) is 14.4 Å². The molecule has 0 fully saturated rings. The van der Waals surface area contributed by atoms with Gasteiger partial charge in [-0.25, -0.2) is 5.43 Å². The first-order chi connectivity index (χ1) is 15.6. The van der Waals surface area contributed by atoms with E-state index in [1.54, 1.807) is 19.1 Å². The number of alkyl halides is 3. The van der Waals surface area contributed by atoms with E-state index in [0.29, 0.717) is 17.7 Å². The summed E-state index contributed by atoms with van der Waals surface area (Å²) in [5.41, 5.74) is 1.36. The SMILES string of the molecule is CC[C@H](C)NC(=O)C(=O)N/N=C\c1ccc(OCC(=O)Nc2ccccc2C(F)(F)F)cc1. The lowest BCUT2D eigenvalue weighted by molar-refractivity contribution is -0.139. The average molecular weight is 464 g/mol. The molecule has 0 radical (unpaired) electrons. The summed E-state index contributed by atoms with van der Waals surface area (Å²) >= 11 is 0. The Labute approximate surface area is 188 Å². The van der Waals surface area contributed by atoms with Crippen molar-refractivity contribution in [3.63, 3.8) is 0 Å². The lowest BCUT2D eigenvalue weighted by atomic mass is 10.1. The van der Waals surface area contributed by atoms with E-state index in [4.69, 9.17) is 4.74 Å². The highest BCUT2D eigenvalue weighted by molar-refractivity contribution is 6.35. The Balaban J connectivity index is 1.84. The van der Waals surface area contributed by atoms with Crippen molar-refractivity contribution >= 4 is 29.6 Å². The number of para-hydroxylation sites is 1. The summed E-state index contributed by atoms with van der Waals surface area (Å²) in [5, 5.41) is 8.38. The molecule has 0 saturated carbocycles. The maximum absolute atomic E-state index is 13.0. The molecule has 3 amide bonds. The second-order valence-corrected chi connectivity index (χ2v) is 6.93. The normalized spacial score (nSPS) is 12.2. The minimum Gasteiger partial charge on any atom is -0.484 e. The topological polar surface area (TPSA) is 109 Å². The number of nitrogens with one attached hydrogen (secondary N) is 3. The number of benzene rings is 2. The number of hydrogen-bond donors (Lipinski definition) is 3. The summed E-state index contributed by atoms with van der Waals surface area (Å²) in [7, 11) is 0. The zero-order valence-electron chi connectivity index (χ0n) is 17.9. The fourth-order valence-corrected chi connectivity index (χ4v) is 2.43. The molecule has 0 spiro atoms. The zero-order chi connectivity index (χ0) is 24.4. The molecular weight excluding hydrogens is 441 g/mol. The number of ether oxygens (including phenoxy) is 1. The predicted octanol–water partition coefficient (Wildman–Crippen LogP) is 3.09. The van der Waals surface area contributed by atoms with Crippen molar-refractivity contribution in [1.29, 1.82) is 0 Å². The van der Waals surface area contributed by atoms with Gasteiger partial charge in [-0.2, -0.15) is 18.3 Å². The molecule has 2 aromatic rings. The Kier molecular flexibility index (Phi) is 8.96. The first kappa shape index (κ1) is 25.4. The van der Waals surface area contributed by atoms with E-state index in [0.717, 1.165) is 12.1 Å². The summed E-state index contributed by atoms with van der Waals surface area (Å²) in [6.45, 7) is 3.14. The van der Waals surface area contributed by atoms with E-state index in [1.165, 1.54) is 30.5 Å². The molecule has 176 valence electrons. The van der Waals surface area contributed by atoms with Crippen LogP contribution in [-0.4, -0.2) is 36.6 Å². The van der Waals surface area contributed by atoms with Crippen LogP contribution in [0.1, 0.15) is 31.4 Å². The summed E-state index contributed by atoms with van der Waals surface area (Å²) in [6, 6.07) is 10.7. The van der Waals surface area contributed by atoms with Crippen LogP contribution in [0.4, 0.5) is 18.9 Å². The van der Waals surface area contributed by atoms with Crippen LogP contribution in [0.15, 0.2) is 53.6 Å². The first-order valence-electron chi connectivity index (χ1n) is 9.93. The van der Waals surface area contributed by atoms with Gasteiger partial charge in [0.15, 0.2) is 6.61 Å². The standard InChI is InChI=1S/C22H23F3N4O4/c1-3-14(2)27-20(31)21(32)29-26-12-15-8-10-16(11-9-15)33-13-19(30)28-18-7-5-4-6-17(18)22(23,24)25/h4-12,14H,3,13H2,1-2H3,(H,27,31)(H,28,30)(H,29,32)/b26-12-/t14-/m0/s1. The summed E-state index contributed by atoms with van der Waals surface area (Å²) in [5.74, 6) is -2.15. The van der Waals surface area contributed by atoms with Crippen molar-refractivity contribution in [3.8, 4) is 5.75 Å². The van der Waals surface area contributed by atoms with Crippen molar-refractivity contribution in [2.24, 2.45) is 5.10 Å². The highest BCUT2D eigenvalue weighted by Crippen LogP contribution is 2.34. The zero-order valence-corrected chi connectivity index (χ0v) is 17.9. The van der Waals surface area contributed by atoms with E-state index in [1.807, 2.05) is 6.92 Å². The maximum atomic E-state index is 13.0. The van der Waals surface area contributed by atoms with Crippen molar-refractivity contribution in [1.82, 2.24) is 10.7 Å². The largest absolute Gasteiger partial charge is 0.484 e. The molecule has 33 heavy (non-hydrogen) atoms. The maximum Gasteiger partial charge on any atom is 0.418 e. The molecule has 2 aromatic carbocycles. The van der Waals surface area contributed by atoms with Gasteiger partial charge in [-0.15, -0.1) is 0 Å². The first-order valence-corrected chi connectivity index (χ1v) is 9.93. The molecular formula is C22H23F3N4O4. The van der Waals surface area contributed by atoms with E-state index in [9.17, 15) is 27.6 Å². The van der Waals surface area contributed by atoms with Gasteiger partial charge in [0.25, 0.3) is 5.91 Å². The minimum absolute atomic E-state index is 0.138. The van der Waals surface area contributed by atoms with Gasteiger partial charge >= 0.3 is 18.0 Å². The Morgan fingerprint density at radius 1 is 1.06 bits per heavy atom. The number of amides is 3. The minimum atomic E-state index is -4.60. The second-order valence-electron chi connectivity index (χ2n) is 6.93. The van der Waals surface area contributed by atoms with Gasteiger partial charge in [-0.1, -0.05) is 19.1 Å². The lowest BCUT2D eigenvalue weighted by Gasteiger charge is -2.13. The van der Waals surface area contributed by atoms with Crippen LogP contribution < -0.4 is 20.8 Å². The molecule has 8 nitrogen and oxygen atoms in total. The number of hydrogen-bond acceptors (Lipinski definition) is 5. The Bertz CT molecular complexity index is 1010. The molecule has 0 aliphatic carbocycles. The highest BCUT2D eigenvalue weighted by Gasteiger charge is 2.33. The number of anilines is 1. The van der Waals surface area contributed by atoms with Crippen molar-refractivity contribution in [3.05, 3.63) is 59.7 Å². The third-order valence-corrected chi connectivity index (χ3v) is 4.33. The lowest BCUT2D eigenvalue weighted by Crippen LogP contribution is -2.41. The van der Waals surface area contributed by atoms with Crippen molar-refractivity contribution < 1.29 is 32.3 Å². The van der Waals surface area contributed by atoms with Gasteiger partial charge in [0.2, 0.25) is 0 Å². The molecule has 0 saturated heterocycles. The fourth-order valence-electron chi connectivity index (χ4n) is 2.43.